The van der Waals surface area contributed by atoms with Gasteiger partial charge < -0.3 is 14.8 Å². The van der Waals surface area contributed by atoms with Crippen molar-refractivity contribution in [2.45, 2.75) is 38.3 Å². The summed E-state index contributed by atoms with van der Waals surface area (Å²) in [6, 6.07) is 14.1. The van der Waals surface area contributed by atoms with Crippen LogP contribution in [-0.4, -0.2) is 37.8 Å². The van der Waals surface area contributed by atoms with Gasteiger partial charge in [-0.25, -0.2) is 9.18 Å². The lowest BCUT2D eigenvalue weighted by Crippen LogP contribution is -2.29. The standard InChI is InChI=1S/C23H25F4NO4/c24-19-7-1-4-18(16-19)6-3-15-31-20-10-8-17(9-11-20)5-2-13-28-14-12-21(29)32-22(30)23(25,26)27/h1,4,7-11,16,28H,2-3,5-6,12-15H2. The van der Waals surface area contributed by atoms with Crippen LogP contribution in [0.25, 0.3) is 0 Å². The van der Waals surface area contributed by atoms with E-state index < -0.39 is 18.1 Å². The minimum Gasteiger partial charge on any atom is -0.494 e. The Balaban J connectivity index is 1.54. The predicted octanol–water partition coefficient (Wildman–Crippen LogP) is 4.38. The topological polar surface area (TPSA) is 64.6 Å². The molecular formula is C23H25F4NO4. The van der Waals surface area contributed by atoms with Gasteiger partial charge in [0.1, 0.15) is 11.6 Å². The molecule has 0 saturated heterocycles. The Morgan fingerprint density at radius 2 is 1.62 bits per heavy atom. The fraction of sp³-hybridized carbons (Fsp3) is 0.391. The quantitative estimate of drug-likeness (QED) is 0.223. The molecular weight excluding hydrogens is 430 g/mol. The third-order valence-electron chi connectivity index (χ3n) is 4.45. The highest BCUT2D eigenvalue weighted by Gasteiger charge is 2.42. The zero-order chi connectivity index (χ0) is 23.4. The highest BCUT2D eigenvalue weighted by atomic mass is 19.4. The third-order valence-corrected chi connectivity index (χ3v) is 4.45. The average Bonchev–Trinajstić information content (AvgIpc) is 2.74. The van der Waals surface area contributed by atoms with Crippen molar-refractivity contribution in [3.63, 3.8) is 0 Å². The van der Waals surface area contributed by atoms with Crippen LogP contribution in [0.1, 0.15) is 30.4 Å². The van der Waals surface area contributed by atoms with E-state index in [1.165, 1.54) is 12.1 Å². The van der Waals surface area contributed by atoms with Crippen molar-refractivity contribution in [3.8, 4) is 5.75 Å². The second-order valence-corrected chi connectivity index (χ2v) is 7.09. The van der Waals surface area contributed by atoms with E-state index in [9.17, 15) is 27.2 Å². The first-order valence-electron chi connectivity index (χ1n) is 10.2. The van der Waals surface area contributed by atoms with Crippen LogP contribution in [0.5, 0.6) is 5.75 Å². The molecule has 1 N–H and O–H groups in total. The fourth-order valence-corrected chi connectivity index (χ4v) is 2.86. The van der Waals surface area contributed by atoms with Crippen molar-refractivity contribution in [1.29, 1.82) is 0 Å². The largest absolute Gasteiger partial charge is 0.494 e. The molecule has 2 aromatic rings. The van der Waals surface area contributed by atoms with Gasteiger partial charge in [-0.1, -0.05) is 24.3 Å². The van der Waals surface area contributed by atoms with E-state index in [0.717, 1.165) is 42.6 Å². The van der Waals surface area contributed by atoms with Crippen molar-refractivity contribution < 1.29 is 36.6 Å². The fourth-order valence-electron chi connectivity index (χ4n) is 2.86. The number of carbonyl (C=O) groups excluding carboxylic acids is 2. The number of carbonyl (C=O) groups is 2. The van der Waals surface area contributed by atoms with Crippen LogP contribution in [0.3, 0.4) is 0 Å². The molecule has 0 spiro atoms. The lowest BCUT2D eigenvalue weighted by Gasteiger charge is -2.08. The van der Waals surface area contributed by atoms with Gasteiger partial charge in [0.25, 0.3) is 0 Å². The Hall–Kier alpha value is -2.94. The summed E-state index contributed by atoms with van der Waals surface area (Å²) < 4.78 is 58.5. The number of nitrogens with one attached hydrogen (secondary N) is 1. The number of esters is 2. The molecule has 9 heteroatoms. The number of ether oxygens (including phenoxy) is 2. The van der Waals surface area contributed by atoms with E-state index >= 15 is 0 Å². The summed E-state index contributed by atoms with van der Waals surface area (Å²) in [5.41, 5.74) is 2.03. The number of rotatable bonds is 12. The first kappa shape index (κ1) is 25.3. The maximum Gasteiger partial charge on any atom is 0.491 e. The Morgan fingerprint density at radius 1 is 0.906 bits per heavy atom. The molecule has 0 aromatic heterocycles. The van der Waals surface area contributed by atoms with Crippen molar-refractivity contribution in [3.05, 3.63) is 65.5 Å². The van der Waals surface area contributed by atoms with Gasteiger partial charge in [-0.3, -0.25) is 4.79 Å². The average molecular weight is 455 g/mol. The maximum absolute atomic E-state index is 13.1. The second kappa shape index (κ2) is 12.8. The van der Waals surface area contributed by atoms with Crippen LogP contribution in [0.15, 0.2) is 48.5 Å². The molecule has 0 atom stereocenters. The Kier molecular flexibility index (Phi) is 10.1. The summed E-state index contributed by atoms with van der Waals surface area (Å²) in [5, 5.41) is 2.92. The van der Waals surface area contributed by atoms with Crippen LogP contribution >= 0.6 is 0 Å². The first-order valence-corrected chi connectivity index (χ1v) is 10.2. The smallest absolute Gasteiger partial charge is 0.491 e. The predicted molar refractivity (Wildman–Crippen MR) is 110 cm³/mol. The van der Waals surface area contributed by atoms with Gasteiger partial charge in [0.15, 0.2) is 0 Å². The van der Waals surface area contributed by atoms with Gasteiger partial charge in [0, 0.05) is 6.54 Å². The van der Waals surface area contributed by atoms with Crippen molar-refractivity contribution in [1.82, 2.24) is 5.32 Å². The van der Waals surface area contributed by atoms with E-state index in [2.05, 4.69) is 10.1 Å². The highest BCUT2D eigenvalue weighted by molar-refractivity contribution is 5.88. The lowest BCUT2D eigenvalue weighted by atomic mass is 10.1. The van der Waals surface area contributed by atoms with Gasteiger partial charge in [0.2, 0.25) is 0 Å². The molecule has 2 rings (SSSR count). The molecule has 0 aliphatic rings. The lowest BCUT2D eigenvalue weighted by molar-refractivity contribution is -0.201. The highest BCUT2D eigenvalue weighted by Crippen LogP contribution is 2.17. The van der Waals surface area contributed by atoms with Crippen LogP contribution in [-0.2, 0) is 27.2 Å². The molecule has 174 valence electrons. The minimum absolute atomic E-state index is 0.117. The SMILES string of the molecule is O=C(CCNCCCc1ccc(OCCCc2cccc(F)c2)cc1)OC(=O)C(F)(F)F. The monoisotopic (exact) mass is 455 g/mol. The first-order chi connectivity index (χ1) is 15.2. The summed E-state index contributed by atoms with van der Waals surface area (Å²) >= 11 is 0. The number of hydrogen-bond acceptors (Lipinski definition) is 5. The molecule has 32 heavy (non-hydrogen) atoms. The zero-order valence-electron chi connectivity index (χ0n) is 17.4. The zero-order valence-corrected chi connectivity index (χ0v) is 17.4. The Bertz CT molecular complexity index is 869. The number of halogens is 4. The number of hydrogen-bond donors (Lipinski definition) is 1. The van der Waals surface area contributed by atoms with E-state index in [1.807, 2.05) is 30.3 Å². The van der Waals surface area contributed by atoms with Crippen LogP contribution < -0.4 is 10.1 Å². The maximum atomic E-state index is 13.1. The molecule has 0 aliphatic carbocycles. The number of alkyl halides is 3. The van der Waals surface area contributed by atoms with E-state index in [-0.39, 0.29) is 18.8 Å². The van der Waals surface area contributed by atoms with Crippen molar-refractivity contribution in [2.75, 3.05) is 19.7 Å². The molecule has 0 heterocycles. The van der Waals surface area contributed by atoms with Gasteiger partial charge in [-0.15, -0.1) is 0 Å². The summed E-state index contributed by atoms with van der Waals surface area (Å²) in [5.74, 6) is -3.21. The number of aryl methyl sites for hydroxylation is 2. The molecule has 2 aromatic carbocycles. The molecule has 0 aliphatic heterocycles. The molecule has 0 unspecified atom stereocenters. The van der Waals surface area contributed by atoms with Crippen LogP contribution in [0.2, 0.25) is 0 Å². The summed E-state index contributed by atoms with van der Waals surface area (Å²) in [7, 11) is 0. The summed E-state index contributed by atoms with van der Waals surface area (Å²) in [6.45, 7) is 1.20. The summed E-state index contributed by atoms with van der Waals surface area (Å²) in [4.78, 5) is 21.7. The van der Waals surface area contributed by atoms with Crippen molar-refractivity contribution >= 4 is 11.9 Å². The summed E-state index contributed by atoms with van der Waals surface area (Å²) in [6.07, 6.45) is -2.47. The normalized spacial score (nSPS) is 11.2. The van der Waals surface area contributed by atoms with E-state index in [4.69, 9.17) is 4.74 Å². The molecule has 0 bridgehead atoms. The molecule has 0 amide bonds. The molecule has 5 nitrogen and oxygen atoms in total. The third kappa shape index (κ3) is 9.91. The van der Waals surface area contributed by atoms with E-state index in [0.29, 0.717) is 13.2 Å². The van der Waals surface area contributed by atoms with E-state index in [1.54, 1.807) is 6.07 Å². The van der Waals surface area contributed by atoms with Gasteiger partial charge in [-0.05, 0) is 67.6 Å². The van der Waals surface area contributed by atoms with Crippen molar-refractivity contribution in [2.24, 2.45) is 0 Å². The van der Waals surface area contributed by atoms with Crippen LogP contribution in [0.4, 0.5) is 17.6 Å². The molecule has 0 fully saturated rings. The van der Waals surface area contributed by atoms with Gasteiger partial charge in [0.05, 0.1) is 13.0 Å². The van der Waals surface area contributed by atoms with Gasteiger partial charge in [-0.2, -0.15) is 13.2 Å². The molecule has 0 saturated carbocycles. The number of benzene rings is 2. The van der Waals surface area contributed by atoms with Gasteiger partial charge >= 0.3 is 18.1 Å². The Labute approximate surface area is 183 Å². The molecule has 0 radical (unpaired) electrons. The Morgan fingerprint density at radius 3 is 2.31 bits per heavy atom. The second-order valence-electron chi connectivity index (χ2n) is 7.09. The van der Waals surface area contributed by atoms with Crippen LogP contribution in [0, 0.1) is 5.82 Å². The minimum atomic E-state index is -5.17.